The number of nitrogens with one attached hydrogen (secondary N) is 2. The van der Waals surface area contributed by atoms with Crippen LogP contribution in [0.1, 0.15) is 12.0 Å². The molecule has 1 aromatic carbocycles. The maximum atomic E-state index is 11.7. The Morgan fingerprint density at radius 2 is 2.12 bits per heavy atom. The Bertz CT molecular complexity index is 639. The van der Waals surface area contributed by atoms with Gasteiger partial charge < -0.3 is 20.7 Å². The summed E-state index contributed by atoms with van der Waals surface area (Å²) in [5, 5.41) is 10.0. The van der Waals surface area contributed by atoms with Gasteiger partial charge in [-0.05, 0) is 19.2 Å². The molecule has 2 rings (SSSR count). The normalized spacial score (nSPS) is 11.0. The van der Waals surface area contributed by atoms with E-state index in [-0.39, 0.29) is 5.91 Å². The van der Waals surface area contributed by atoms with E-state index in [4.69, 9.17) is 10.5 Å². The number of hydrogen-bond acceptors (Lipinski definition) is 5. The van der Waals surface area contributed by atoms with Crippen LogP contribution in [-0.4, -0.2) is 54.9 Å². The zero-order valence-corrected chi connectivity index (χ0v) is 14.2. The second-order valence-corrected chi connectivity index (χ2v) is 5.67. The molecule has 1 aromatic heterocycles. The van der Waals surface area contributed by atoms with Gasteiger partial charge in [0.15, 0.2) is 0 Å². The molecule has 1 amide bonds. The molecule has 7 nitrogen and oxygen atoms in total. The molecule has 0 saturated carbocycles. The predicted molar refractivity (Wildman–Crippen MR) is 94.5 cm³/mol. The number of aromatic amines is 1. The molecule has 0 aliphatic heterocycles. The van der Waals surface area contributed by atoms with E-state index in [0.29, 0.717) is 19.6 Å². The first-order valence-corrected chi connectivity index (χ1v) is 7.94. The minimum atomic E-state index is -0.0600. The number of nitrogens with zero attached hydrogens (tertiary/aromatic N) is 2. The molecule has 0 fully saturated rings. The lowest BCUT2D eigenvalue weighted by Gasteiger charge is -2.15. The lowest BCUT2D eigenvalue weighted by Crippen LogP contribution is -2.25. The Hall–Kier alpha value is -2.22. The Kier molecular flexibility index (Phi) is 6.92. The van der Waals surface area contributed by atoms with Crippen LogP contribution in [0.5, 0.6) is 0 Å². The average Bonchev–Trinajstić information content (AvgIpc) is 3.02. The maximum absolute atomic E-state index is 11.7. The number of likely N-dealkylation sites (N-methyl/N-ethyl adjacent to an activating group) is 1. The fraction of sp³-hybridized carbons (Fsp3) is 0.412. The van der Waals surface area contributed by atoms with E-state index in [2.05, 4.69) is 20.4 Å². The summed E-state index contributed by atoms with van der Waals surface area (Å²) in [5.74, 6) is -0.0600. The number of aromatic nitrogens is 2. The van der Waals surface area contributed by atoms with Crippen molar-refractivity contribution in [3.63, 3.8) is 0 Å². The third-order valence-electron chi connectivity index (χ3n) is 3.66. The van der Waals surface area contributed by atoms with Crippen LogP contribution in [0.2, 0.25) is 0 Å². The first-order chi connectivity index (χ1) is 11.6. The van der Waals surface area contributed by atoms with Crippen molar-refractivity contribution in [2.45, 2.75) is 13.0 Å². The summed E-state index contributed by atoms with van der Waals surface area (Å²) >= 11 is 0. The molecule has 0 spiro atoms. The van der Waals surface area contributed by atoms with E-state index in [9.17, 15) is 4.79 Å². The van der Waals surface area contributed by atoms with Gasteiger partial charge in [-0.3, -0.25) is 9.89 Å². The smallest absolute Gasteiger partial charge is 0.226 e. The molecule has 0 aliphatic rings. The lowest BCUT2D eigenvalue weighted by molar-refractivity contribution is -0.117. The van der Waals surface area contributed by atoms with Crippen LogP contribution in [0.25, 0.3) is 11.3 Å². The van der Waals surface area contributed by atoms with E-state index in [1.165, 1.54) is 0 Å². The Labute approximate surface area is 142 Å². The van der Waals surface area contributed by atoms with E-state index in [1.807, 2.05) is 37.5 Å². The van der Waals surface area contributed by atoms with Gasteiger partial charge in [-0.25, -0.2) is 0 Å². The van der Waals surface area contributed by atoms with Crippen LogP contribution in [0, 0.1) is 0 Å². The highest BCUT2D eigenvalue weighted by Crippen LogP contribution is 2.23. The van der Waals surface area contributed by atoms with Gasteiger partial charge in [0, 0.05) is 43.6 Å². The Balaban J connectivity index is 2.03. The van der Waals surface area contributed by atoms with Gasteiger partial charge in [-0.15, -0.1) is 0 Å². The van der Waals surface area contributed by atoms with Gasteiger partial charge in [0.25, 0.3) is 0 Å². The minimum absolute atomic E-state index is 0.0600. The third-order valence-corrected chi connectivity index (χ3v) is 3.66. The summed E-state index contributed by atoms with van der Waals surface area (Å²) in [6.45, 7) is 2.65. The third kappa shape index (κ3) is 5.16. The first kappa shape index (κ1) is 18.1. The minimum Gasteiger partial charge on any atom is -0.384 e. The second-order valence-electron chi connectivity index (χ2n) is 5.67. The number of hydrogen-bond donors (Lipinski definition) is 3. The Morgan fingerprint density at radius 3 is 2.79 bits per heavy atom. The van der Waals surface area contributed by atoms with Crippen molar-refractivity contribution in [2.75, 3.05) is 39.2 Å². The molecule has 0 bridgehead atoms. The number of nitrogens with two attached hydrogens (primary N) is 1. The highest BCUT2D eigenvalue weighted by Gasteiger charge is 2.10. The zero-order valence-electron chi connectivity index (χ0n) is 14.2. The molecular formula is C17H25N5O2. The van der Waals surface area contributed by atoms with E-state index < -0.39 is 0 Å². The van der Waals surface area contributed by atoms with Crippen molar-refractivity contribution in [1.29, 1.82) is 0 Å². The van der Waals surface area contributed by atoms with Crippen molar-refractivity contribution in [2.24, 2.45) is 5.73 Å². The van der Waals surface area contributed by atoms with Gasteiger partial charge in [0.05, 0.1) is 24.9 Å². The molecule has 0 aliphatic carbocycles. The van der Waals surface area contributed by atoms with Gasteiger partial charge in [0.2, 0.25) is 5.91 Å². The standard InChI is InChI=1S/C17H25N5O2/c1-22(9-8-18)12-14-11-19-21-17(14)13-3-5-15(6-4-13)20-16(23)7-10-24-2/h3-6,11H,7-10,12,18H2,1-2H3,(H,19,21)(H,20,23). The van der Waals surface area contributed by atoms with Gasteiger partial charge in [-0.1, -0.05) is 12.1 Å². The van der Waals surface area contributed by atoms with Crippen molar-refractivity contribution in [3.05, 3.63) is 36.0 Å². The molecule has 0 unspecified atom stereocenters. The van der Waals surface area contributed by atoms with Crippen LogP contribution >= 0.6 is 0 Å². The maximum Gasteiger partial charge on any atom is 0.226 e. The molecular weight excluding hydrogens is 306 g/mol. The molecule has 0 radical (unpaired) electrons. The molecule has 24 heavy (non-hydrogen) atoms. The molecule has 2 aromatic rings. The highest BCUT2D eigenvalue weighted by molar-refractivity contribution is 5.91. The summed E-state index contributed by atoms with van der Waals surface area (Å²) in [4.78, 5) is 13.9. The van der Waals surface area contributed by atoms with Crippen LogP contribution in [0.15, 0.2) is 30.5 Å². The molecule has 0 atom stereocenters. The summed E-state index contributed by atoms with van der Waals surface area (Å²) in [6, 6.07) is 7.69. The summed E-state index contributed by atoms with van der Waals surface area (Å²) < 4.78 is 4.90. The Morgan fingerprint density at radius 1 is 1.38 bits per heavy atom. The van der Waals surface area contributed by atoms with Gasteiger partial charge in [-0.2, -0.15) is 5.10 Å². The van der Waals surface area contributed by atoms with Gasteiger partial charge >= 0.3 is 0 Å². The molecule has 7 heteroatoms. The molecule has 4 N–H and O–H groups in total. The number of anilines is 1. The van der Waals surface area contributed by atoms with Crippen molar-refractivity contribution in [1.82, 2.24) is 15.1 Å². The van der Waals surface area contributed by atoms with Crippen molar-refractivity contribution >= 4 is 11.6 Å². The fourth-order valence-corrected chi connectivity index (χ4v) is 2.41. The fourth-order valence-electron chi connectivity index (χ4n) is 2.41. The van der Waals surface area contributed by atoms with Gasteiger partial charge in [0.1, 0.15) is 0 Å². The monoisotopic (exact) mass is 331 g/mol. The van der Waals surface area contributed by atoms with E-state index in [0.717, 1.165) is 35.6 Å². The van der Waals surface area contributed by atoms with Crippen molar-refractivity contribution in [3.8, 4) is 11.3 Å². The molecule has 130 valence electrons. The summed E-state index contributed by atoms with van der Waals surface area (Å²) in [7, 11) is 3.61. The lowest BCUT2D eigenvalue weighted by atomic mass is 10.1. The largest absolute Gasteiger partial charge is 0.384 e. The van der Waals surface area contributed by atoms with Crippen LogP contribution in [0.3, 0.4) is 0 Å². The molecule has 0 saturated heterocycles. The topological polar surface area (TPSA) is 96.3 Å². The number of amides is 1. The van der Waals surface area contributed by atoms with Crippen LogP contribution in [0.4, 0.5) is 5.69 Å². The molecule has 1 heterocycles. The number of ether oxygens (including phenoxy) is 1. The number of carbonyl (C=O) groups is 1. The first-order valence-electron chi connectivity index (χ1n) is 7.94. The zero-order chi connectivity index (χ0) is 17.4. The second kappa shape index (κ2) is 9.17. The number of benzene rings is 1. The highest BCUT2D eigenvalue weighted by atomic mass is 16.5. The number of rotatable bonds is 9. The van der Waals surface area contributed by atoms with E-state index in [1.54, 1.807) is 7.11 Å². The predicted octanol–water partition coefficient (Wildman–Crippen LogP) is 1.44. The number of methoxy groups -OCH3 is 1. The summed E-state index contributed by atoms with van der Waals surface area (Å²) in [5.41, 5.74) is 9.47. The van der Waals surface area contributed by atoms with E-state index >= 15 is 0 Å². The quantitative estimate of drug-likeness (QED) is 0.646. The van der Waals surface area contributed by atoms with Crippen LogP contribution in [-0.2, 0) is 16.1 Å². The number of H-pyrrole nitrogens is 1. The summed E-state index contributed by atoms with van der Waals surface area (Å²) in [6.07, 6.45) is 2.18. The average molecular weight is 331 g/mol. The SMILES string of the molecule is COCCC(=O)Nc1ccc(-c2[nH]ncc2CN(C)CCN)cc1. The van der Waals surface area contributed by atoms with Crippen molar-refractivity contribution < 1.29 is 9.53 Å². The van der Waals surface area contributed by atoms with Crippen LogP contribution < -0.4 is 11.1 Å². The number of carbonyl (C=O) groups excluding carboxylic acids is 1.